The van der Waals surface area contributed by atoms with Crippen LogP contribution in [0.1, 0.15) is 33.6 Å². The van der Waals surface area contributed by atoms with Crippen LogP contribution in [-0.2, 0) is 28.7 Å². The number of aliphatic hydroxyl groups excluding tert-OH is 1. The summed E-state index contributed by atoms with van der Waals surface area (Å²) in [5, 5.41) is 12.7. The molecule has 2 saturated heterocycles. The second kappa shape index (κ2) is 12.3. The number of aliphatic hydroxyl groups is 1. The van der Waals surface area contributed by atoms with Crippen molar-refractivity contribution in [2.75, 3.05) is 49.1 Å². The molecule has 4 aliphatic heterocycles. The number of nitrogens with zero attached hydrogens (tertiary/aromatic N) is 3. The number of hydrogen-bond donors (Lipinski definition) is 2. The summed E-state index contributed by atoms with van der Waals surface area (Å²) in [4.78, 5) is 59.4. The molecule has 0 unspecified atom stereocenters. The van der Waals surface area contributed by atoms with Crippen LogP contribution in [0, 0.1) is 11.8 Å². The van der Waals surface area contributed by atoms with Crippen LogP contribution >= 0.6 is 0 Å². The number of fused-ring (bicyclic) bond motifs is 2. The van der Waals surface area contributed by atoms with Gasteiger partial charge in [-0.15, -0.1) is 0 Å². The van der Waals surface area contributed by atoms with Crippen molar-refractivity contribution in [3.05, 3.63) is 48.6 Å². The number of ether oxygens (including phenoxy) is 2. The monoisotopic (exact) mass is 580 g/mol. The Morgan fingerprint density at radius 1 is 1.07 bits per heavy atom. The molecular formula is C31H40N4O7. The van der Waals surface area contributed by atoms with E-state index in [0.717, 1.165) is 18.8 Å². The van der Waals surface area contributed by atoms with Crippen molar-refractivity contribution < 1.29 is 33.8 Å². The first-order valence-corrected chi connectivity index (χ1v) is 14.8. The van der Waals surface area contributed by atoms with Gasteiger partial charge in [0.05, 0.1) is 25.2 Å². The lowest BCUT2D eigenvalue weighted by atomic mass is 9.74. The number of benzene rings is 1. The number of rotatable bonds is 6. The Bertz CT molecular complexity index is 1260. The van der Waals surface area contributed by atoms with Crippen LogP contribution in [0.3, 0.4) is 0 Å². The number of likely N-dealkylation sites (tertiary alicyclic amines) is 1. The van der Waals surface area contributed by atoms with E-state index in [-0.39, 0.29) is 44.5 Å². The van der Waals surface area contributed by atoms with Crippen LogP contribution in [0.25, 0.3) is 0 Å². The summed E-state index contributed by atoms with van der Waals surface area (Å²) in [5.74, 6) is -3.51. The molecule has 0 aromatic heterocycles. The van der Waals surface area contributed by atoms with E-state index in [1.807, 2.05) is 36.4 Å². The summed E-state index contributed by atoms with van der Waals surface area (Å²) >= 11 is 0. The van der Waals surface area contributed by atoms with Crippen molar-refractivity contribution in [2.45, 2.75) is 57.5 Å². The fraction of sp³-hybridized carbons (Fsp3) is 0.548. The van der Waals surface area contributed by atoms with Gasteiger partial charge in [0.2, 0.25) is 11.8 Å². The smallest absolute Gasteiger partial charge is 0.313 e. The number of allylic oxidation sites excluding steroid dienone is 1. The predicted molar refractivity (Wildman–Crippen MR) is 156 cm³/mol. The molecule has 3 amide bonds. The van der Waals surface area contributed by atoms with Crippen LogP contribution < -0.4 is 15.1 Å². The molecule has 0 saturated carbocycles. The van der Waals surface area contributed by atoms with Gasteiger partial charge in [-0.2, -0.15) is 0 Å². The number of nitrogens with one attached hydrogen (secondary N) is 1. The van der Waals surface area contributed by atoms with E-state index in [1.54, 1.807) is 24.0 Å². The standard InChI is InChI=1S/C31H40N4O7/c1-4-33(5-2)21-10-12-22(13-11-21)34-16-8-6-7-9-24(37)32-19-20(3)41-30(40)25-23-14-15-31(42-23)26(25)28(38)35(17-18-36)27(31)29(34)39/h6,8,10-15,20,23,25-27,36H,4-5,7,9,16-19H2,1-3H3,(H,32,37)/b8-6-/t20-,23+,25-,26-,27+,31-/m1/s1. The molecule has 6 atom stereocenters. The summed E-state index contributed by atoms with van der Waals surface area (Å²) < 4.78 is 12.0. The minimum atomic E-state index is -1.37. The first-order valence-electron chi connectivity index (χ1n) is 14.8. The Labute approximate surface area is 246 Å². The number of carbonyl (C=O) groups is 4. The van der Waals surface area contributed by atoms with Gasteiger partial charge in [0.15, 0.2) is 0 Å². The molecule has 1 aromatic carbocycles. The number of esters is 1. The Balaban J connectivity index is 1.56. The maximum absolute atomic E-state index is 14.6. The number of cyclic esters (lactones) is 1. The summed E-state index contributed by atoms with van der Waals surface area (Å²) in [5.41, 5.74) is 0.288. The Kier molecular flexibility index (Phi) is 8.70. The van der Waals surface area contributed by atoms with Crippen molar-refractivity contribution in [3.63, 3.8) is 0 Å². The first-order chi connectivity index (χ1) is 20.2. The van der Waals surface area contributed by atoms with Crippen LogP contribution in [0.2, 0.25) is 0 Å². The predicted octanol–water partition coefficient (Wildman–Crippen LogP) is 1.41. The molecule has 1 spiro atoms. The van der Waals surface area contributed by atoms with Crippen LogP contribution in [-0.4, -0.2) is 96.9 Å². The van der Waals surface area contributed by atoms with Gasteiger partial charge in [-0.1, -0.05) is 24.3 Å². The molecular weight excluding hydrogens is 540 g/mol. The fourth-order valence-corrected chi connectivity index (χ4v) is 6.64. The number of amides is 3. The number of β-amino-alcohol motifs (C(OH)–C–C–N with tert-alkyl or cyclic N) is 1. The van der Waals surface area contributed by atoms with Crippen molar-refractivity contribution >= 4 is 35.1 Å². The topological polar surface area (TPSA) is 129 Å². The molecule has 1 aromatic rings. The van der Waals surface area contributed by atoms with E-state index in [0.29, 0.717) is 12.1 Å². The largest absolute Gasteiger partial charge is 0.460 e. The zero-order valence-corrected chi connectivity index (χ0v) is 24.4. The highest BCUT2D eigenvalue weighted by Crippen LogP contribution is 2.55. The Hall–Kier alpha value is -3.70. The first kappa shape index (κ1) is 29.8. The average Bonchev–Trinajstić information content (AvgIpc) is 3.62. The lowest BCUT2D eigenvalue weighted by Gasteiger charge is -2.35. The van der Waals surface area contributed by atoms with Gasteiger partial charge in [-0.25, -0.2) is 0 Å². The molecule has 2 fully saturated rings. The third-order valence-electron chi connectivity index (χ3n) is 8.67. The maximum atomic E-state index is 14.6. The lowest BCUT2D eigenvalue weighted by molar-refractivity contribution is -0.158. The maximum Gasteiger partial charge on any atom is 0.313 e. The molecule has 2 N–H and O–H groups in total. The summed E-state index contributed by atoms with van der Waals surface area (Å²) in [7, 11) is 0. The highest BCUT2D eigenvalue weighted by Gasteiger charge is 2.73. The van der Waals surface area contributed by atoms with E-state index in [4.69, 9.17) is 9.47 Å². The van der Waals surface area contributed by atoms with Gasteiger partial charge in [0.1, 0.15) is 23.7 Å². The molecule has 4 aliphatic rings. The third kappa shape index (κ3) is 5.20. The van der Waals surface area contributed by atoms with Gasteiger partial charge in [0.25, 0.3) is 5.91 Å². The third-order valence-corrected chi connectivity index (χ3v) is 8.67. The fourth-order valence-electron chi connectivity index (χ4n) is 6.64. The molecule has 4 heterocycles. The van der Waals surface area contributed by atoms with Crippen molar-refractivity contribution in [3.8, 4) is 0 Å². The molecule has 226 valence electrons. The average molecular weight is 581 g/mol. The Morgan fingerprint density at radius 3 is 2.50 bits per heavy atom. The molecule has 0 aliphatic carbocycles. The molecule has 5 rings (SSSR count). The second-order valence-corrected chi connectivity index (χ2v) is 11.2. The van der Waals surface area contributed by atoms with Crippen molar-refractivity contribution in [2.24, 2.45) is 11.8 Å². The quantitative estimate of drug-likeness (QED) is 0.382. The van der Waals surface area contributed by atoms with E-state index in [2.05, 4.69) is 24.1 Å². The summed E-state index contributed by atoms with van der Waals surface area (Å²) in [6.45, 7) is 7.42. The van der Waals surface area contributed by atoms with Gasteiger partial charge in [-0.05, 0) is 51.5 Å². The number of anilines is 2. The van der Waals surface area contributed by atoms with Gasteiger partial charge >= 0.3 is 5.97 Å². The van der Waals surface area contributed by atoms with Crippen LogP contribution in [0.5, 0.6) is 0 Å². The zero-order valence-electron chi connectivity index (χ0n) is 24.4. The van der Waals surface area contributed by atoms with Crippen molar-refractivity contribution in [1.82, 2.24) is 10.2 Å². The van der Waals surface area contributed by atoms with Crippen LogP contribution in [0.4, 0.5) is 11.4 Å². The Morgan fingerprint density at radius 2 is 1.81 bits per heavy atom. The number of carbonyl (C=O) groups excluding carboxylic acids is 4. The van der Waals surface area contributed by atoms with E-state index in [1.165, 1.54) is 4.90 Å². The van der Waals surface area contributed by atoms with Gasteiger partial charge in [0, 0.05) is 44.0 Å². The normalized spacial score (nSPS) is 32.1. The molecule has 11 heteroatoms. The van der Waals surface area contributed by atoms with Crippen LogP contribution in [0.15, 0.2) is 48.6 Å². The number of hydrogen-bond acceptors (Lipinski definition) is 8. The molecule has 0 radical (unpaired) electrons. The second-order valence-electron chi connectivity index (χ2n) is 11.2. The van der Waals surface area contributed by atoms with Gasteiger partial charge < -0.3 is 34.6 Å². The van der Waals surface area contributed by atoms with E-state index in [9.17, 15) is 24.3 Å². The highest BCUT2D eigenvalue weighted by molar-refractivity contribution is 6.05. The summed E-state index contributed by atoms with van der Waals surface area (Å²) in [6, 6.07) is 6.59. The minimum absolute atomic E-state index is 0.0792. The highest BCUT2D eigenvalue weighted by atomic mass is 16.6. The van der Waals surface area contributed by atoms with E-state index < -0.39 is 47.6 Å². The SMILES string of the molecule is CCN(CC)c1ccc(N2C/C=C\CCC(=O)NC[C@@H](C)OC(=O)[C@@H]3[C@@H]4C=C[C@]5(O4)[C@H](C2=O)N(CCO)C(=O)[C@@H]35)cc1. The van der Waals surface area contributed by atoms with Gasteiger partial charge in [-0.3, -0.25) is 19.2 Å². The van der Waals surface area contributed by atoms with E-state index >= 15 is 0 Å². The summed E-state index contributed by atoms with van der Waals surface area (Å²) in [6.07, 6.45) is 6.52. The lowest BCUT2D eigenvalue weighted by Crippen LogP contribution is -2.56. The minimum Gasteiger partial charge on any atom is -0.460 e. The van der Waals surface area contributed by atoms with Crippen molar-refractivity contribution in [1.29, 1.82) is 0 Å². The molecule has 11 nitrogen and oxygen atoms in total. The molecule has 5 bridgehead atoms. The zero-order chi connectivity index (χ0) is 30.0. The molecule has 42 heavy (non-hydrogen) atoms.